The minimum absolute atomic E-state index is 0.0353. The van der Waals surface area contributed by atoms with Gasteiger partial charge in [-0.1, -0.05) is 12.1 Å². The smallest absolute Gasteiger partial charge is 0.229 e. The number of rotatable bonds is 4. The van der Waals surface area contributed by atoms with Crippen LogP contribution in [0.15, 0.2) is 60.8 Å². The fourth-order valence-electron chi connectivity index (χ4n) is 3.63. The minimum Gasteiger partial charge on any atom is -0.356 e. The zero-order valence-electron chi connectivity index (χ0n) is 16.3. The van der Waals surface area contributed by atoms with Crippen LogP contribution in [0.3, 0.4) is 0 Å². The molecule has 6 heteroatoms. The fourth-order valence-corrected chi connectivity index (χ4v) is 3.63. The number of carbonyl (C=O) groups is 1. The van der Waals surface area contributed by atoms with Crippen LogP contribution in [0.5, 0.6) is 0 Å². The fraction of sp³-hybridized carbons (Fsp3) is 0.261. The van der Waals surface area contributed by atoms with Gasteiger partial charge in [-0.25, -0.2) is 14.4 Å². The molecule has 0 saturated carbocycles. The molecule has 0 bridgehead atoms. The molecule has 1 aromatic heterocycles. The van der Waals surface area contributed by atoms with Crippen LogP contribution in [0, 0.1) is 18.7 Å². The van der Waals surface area contributed by atoms with Crippen LogP contribution in [0.4, 0.5) is 15.9 Å². The normalized spacial score (nSPS) is 16.5. The van der Waals surface area contributed by atoms with Gasteiger partial charge in [-0.2, -0.15) is 0 Å². The first-order chi connectivity index (χ1) is 14.1. The first kappa shape index (κ1) is 19.1. The first-order valence-electron chi connectivity index (χ1n) is 9.80. The third-order valence-corrected chi connectivity index (χ3v) is 5.15. The van der Waals surface area contributed by atoms with E-state index in [-0.39, 0.29) is 17.6 Å². The Bertz CT molecular complexity index is 1010. The van der Waals surface area contributed by atoms with Crippen molar-refractivity contribution < 1.29 is 9.18 Å². The molecule has 1 atom stereocenters. The topological polar surface area (TPSA) is 58.1 Å². The second-order valence-corrected chi connectivity index (χ2v) is 7.39. The highest BCUT2D eigenvalue weighted by molar-refractivity contribution is 5.93. The molecular weight excluding hydrogens is 367 g/mol. The van der Waals surface area contributed by atoms with E-state index >= 15 is 0 Å². The van der Waals surface area contributed by atoms with E-state index in [0.29, 0.717) is 12.4 Å². The van der Waals surface area contributed by atoms with Gasteiger partial charge < -0.3 is 10.2 Å². The SMILES string of the molecule is Cc1cccc(NC(=O)[C@@H]2CCCN(c3ccnc(-c4ccc(F)cc4)n3)C2)c1. The van der Waals surface area contributed by atoms with Gasteiger partial charge in [0.1, 0.15) is 11.6 Å². The minimum atomic E-state index is -0.289. The lowest BCUT2D eigenvalue weighted by Gasteiger charge is -2.33. The standard InChI is InChI=1S/C23H23FN4O/c1-16-4-2-6-20(14-16)26-23(29)18-5-3-13-28(15-18)21-11-12-25-22(27-21)17-7-9-19(24)10-8-17/h2,4,6-12,14,18H,3,5,13,15H2,1H3,(H,26,29)/t18-/m1/s1. The second kappa shape index (κ2) is 8.39. The van der Waals surface area contributed by atoms with Crippen LogP contribution in [0.2, 0.25) is 0 Å². The van der Waals surface area contributed by atoms with Crippen LogP contribution in [0.25, 0.3) is 11.4 Å². The molecule has 0 aliphatic carbocycles. The van der Waals surface area contributed by atoms with Gasteiger partial charge in [-0.3, -0.25) is 4.79 Å². The van der Waals surface area contributed by atoms with Crippen LogP contribution in [-0.2, 0) is 4.79 Å². The van der Waals surface area contributed by atoms with Gasteiger partial charge in [0.25, 0.3) is 0 Å². The Morgan fingerprint density at radius 1 is 1.17 bits per heavy atom. The lowest BCUT2D eigenvalue weighted by atomic mass is 9.97. The first-order valence-corrected chi connectivity index (χ1v) is 9.80. The number of amides is 1. The summed E-state index contributed by atoms with van der Waals surface area (Å²) < 4.78 is 13.2. The molecule has 1 N–H and O–H groups in total. The predicted molar refractivity (Wildman–Crippen MR) is 112 cm³/mol. The van der Waals surface area contributed by atoms with E-state index in [1.165, 1.54) is 12.1 Å². The number of nitrogens with one attached hydrogen (secondary N) is 1. The van der Waals surface area contributed by atoms with Crippen molar-refractivity contribution in [3.05, 3.63) is 72.2 Å². The average Bonchev–Trinajstić information content (AvgIpc) is 2.74. The summed E-state index contributed by atoms with van der Waals surface area (Å²) in [6.45, 7) is 3.46. The van der Waals surface area contributed by atoms with Crippen molar-refractivity contribution in [2.75, 3.05) is 23.3 Å². The number of nitrogens with zero attached hydrogens (tertiary/aromatic N) is 3. The number of halogens is 1. The molecule has 3 aromatic rings. The van der Waals surface area contributed by atoms with Crippen molar-refractivity contribution in [3.63, 3.8) is 0 Å². The number of anilines is 2. The van der Waals surface area contributed by atoms with Crippen molar-refractivity contribution in [3.8, 4) is 11.4 Å². The molecule has 0 unspecified atom stereocenters. The van der Waals surface area contributed by atoms with E-state index in [1.807, 2.05) is 37.3 Å². The van der Waals surface area contributed by atoms with Gasteiger partial charge in [0, 0.05) is 30.5 Å². The Balaban J connectivity index is 1.47. The summed E-state index contributed by atoms with van der Waals surface area (Å²) in [6, 6.07) is 15.8. The molecule has 1 saturated heterocycles. The third kappa shape index (κ3) is 4.59. The largest absolute Gasteiger partial charge is 0.356 e. The molecule has 0 radical (unpaired) electrons. The Kier molecular flexibility index (Phi) is 5.51. The van der Waals surface area contributed by atoms with E-state index < -0.39 is 0 Å². The van der Waals surface area contributed by atoms with Crippen LogP contribution >= 0.6 is 0 Å². The lowest BCUT2D eigenvalue weighted by molar-refractivity contribution is -0.120. The van der Waals surface area contributed by atoms with E-state index in [1.54, 1.807) is 18.3 Å². The Morgan fingerprint density at radius 2 is 2.00 bits per heavy atom. The van der Waals surface area contributed by atoms with E-state index in [2.05, 4.69) is 20.2 Å². The number of benzene rings is 2. The molecule has 1 amide bonds. The number of hydrogen-bond donors (Lipinski definition) is 1. The van der Waals surface area contributed by atoms with Crippen molar-refractivity contribution in [2.45, 2.75) is 19.8 Å². The summed E-state index contributed by atoms with van der Waals surface area (Å²) in [5.41, 5.74) is 2.70. The highest BCUT2D eigenvalue weighted by Crippen LogP contribution is 2.25. The maximum Gasteiger partial charge on any atom is 0.229 e. The zero-order chi connectivity index (χ0) is 20.2. The van der Waals surface area contributed by atoms with Gasteiger partial charge in [0.05, 0.1) is 5.92 Å². The molecule has 0 spiro atoms. The van der Waals surface area contributed by atoms with Crippen molar-refractivity contribution in [1.29, 1.82) is 0 Å². The Morgan fingerprint density at radius 3 is 2.79 bits per heavy atom. The second-order valence-electron chi connectivity index (χ2n) is 7.39. The monoisotopic (exact) mass is 390 g/mol. The highest BCUT2D eigenvalue weighted by atomic mass is 19.1. The number of hydrogen-bond acceptors (Lipinski definition) is 4. The van der Waals surface area contributed by atoms with Crippen molar-refractivity contribution in [2.24, 2.45) is 5.92 Å². The van der Waals surface area contributed by atoms with Gasteiger partial charge >= 0.3 is 0 Å². The van der Waals surface area contributed by atoms with Gasteiger partial charge in [0.2, 0.25) is 5.91 Å². The number of carbonyl (C=O) groups excluding carboxylic acids is 1. The van der Waals surface area contributed by atoms with Gasteiger partial charge in [0.15, 0.2) is 5.82 Å². The van der Waals surface area contributed by atoms with E-state index in [0.717, 1.165) is 42.0 Å². The summed E-state index contributed by atoms with van der Waals surface area (Å²) in [6.07, 6.45) is 3.48. The van der Waals surface area contributed by atoms with Crippen molar-refractivity contribution in [1.82, 2.24) is 9.97 Å². The Hall–Kier alpha value is -3.28. The number of aromatic nitrogens is 2. The van der Waals surface area contributed by atoms with E-state index in [9.17, 15) is 9.18 Å². The summed E-state index contributed by atoms with van der Waals surface area (Å²) in [5.74, 6) is 0.978. The highest BCUT2D eigenvalue weighted by Gasteiger charge is 2.27. The lowest BCUT2D eigenvalue weighted by Crippen LogP contribution is -2.41. The molecule has 2 heterocycles. The number of piperidine rings is 1. The van der Waals surface area contributed by atoms with Gasteiger partial charge in [-0.05, 0) is 67.8 Å². The zero-order valence-corrected chi connectivity index (χ0v) is 16.3. The summed E-state index contributed by atoms with van der Waals surface area (Å²) >= 11 is 0. The van der Waals surface area contributed by atoms with Crippen LogP contribution in [0.1, 0.15) is 18.4 Å². The molecule has 148 valence electrons. The van der Waals surface area contributed by atoms with Gasteiger partial charge in [-0.15, -0.1) is 0 Å². The molecule has 29 heavy (non-hydrogen) atoms. The van der Waals surface area contributed by atoms with Crippen molar-refractivity contribution >= 4 is 17.4 Å². The molecule has 1 aliphatic rings. The van der Waals surface area contributed by atoms with Crippen LogP contribution < -0.4 is 10.2 Å². The Labute approximate surface area is 169 Å². The number of aryl methyl sites for hydroxylation is 1. The molecular formula is C23H23FN4O. The molecule has 5 nitrogen and oxygen atoms in total. The molecule has 1 aliphatic heterocycles. The maximum atomic E-state index is 13.2. The summed E-state index contributed by atoms with van der Waals surface area (Å²) in [7, 11) is 0. The predicted octanol–water partition coefficient (Wildman–Crippen LogP) is 4.45. The molecule has 2 aromatic carbocycles. The average molecular weight is 390 g/mol. The summed E-state index contributed by atoms with van der Waals surface area (Å²) in [4.78, 5) is 23.9. The summed E-state index contributed by atoms with van der Waals surface area (Å²) in [5, 5.41) is 3.03. The van der Waals surface area contributed by atoms with Crippen LogP contribution in [-0.4, -0.2) is 29.0 Å². The molecule has 1 fully saturated rings. The maximum absolute atomic E-state index is 13.2. The van der Waals surface area contributed by atoms with E-state index in [4.69, 9.17) is 0 Å². The third-order valence-electron chi connectivity index (χ3n) is 5.15. The molecule has 4 rings (SSSR count). The quantitative estimate of drug-likeness (QED) is 0.715.